The molecule has 2 heterocycles. The molecular weight excluding hydrogens is 256 g/mol. The van der Waals surface area contributed by atoms with Gasteiger partial charge in [-0.05, 0) is 38.5 Å². The number of amides is 1. The van der Waals surface area contributed by atoms with Crippen molar-refractivity contribution in [2.75, 3.05) is 6.54 Å². The van der Waals surface area contributed by atoms with Gasteiger partial charge in [0, 0.05) is 12.6 Å². The molecule has 0 spiro atoms. The van der Waals surface area contributed by atoms with Crippen molar-refractivity contribution < 1.29 is 9.32 Å². The van der Waals surface area contributed by atoms with Crippen LogP contribution in [0.1, 0.15) is 68.0 Å². The highest BCUT2D eigenvalue weighted by molar-refractivity contribution is 5.90. The molecule has 0 bridgehead atoms. The lowest BCUT2D eigenvalue weighted by molar-refractivity contribution is 0.0942. The molecule has 0 aromatic carbocycles. The number of piperidine rings is 1. The Morgan fingerprint density at radius 2 is 2.20 bits per heavy atom. The minimum atomic E-state index is -0.270. The van der Waals surface area contributed by atoms with E-state index in [9.17, 15) is 4.79 Å². The van der Waals surface area contributed by atoms with Gasteiger partial charge in [-0.15, -0.1) is 0 Å². The molecule has 3 atom stereocenters. The quantitative estimate of drug-likeness (QED) is 0.881. The SMILES string of the molecule is CCNC(=O)c1noc(C2CCC3CCCCC3N2)n1. The molecule has 20 heavy (non-hydrogen) atoms. The normalized spacial score (nSPS) is 29.8. The van der Waals surface area contributed by atoms with E-state index in [1.807, 2.05) is 6.92 Å². The summed E-state index contributed by atoms with van der Waals surface area (Å²) in [5, 5.41) is 10.1. The first-order chi connectivity index (χ1) is 9.78. The van der Waals surface area contributed by atoms with Gasteiger partial charge in [-0.25, -0.2) is 0 Å². The first-order valence-corrected chi connectivity index (χ1v) is 7.65. The highest BCUT2D eigenvalue weighted by atomic mass is 16.5. The molecule has 2 N–H and O–H groups in total. The molecule has 1 aliphatic heterocycles. The van der Waals surface area contributed by atoms with E-state index >= 15 is 0 Å². The molecule has 2 fully saturated rings. The number of aromatic nitrogens is 2. The van der Waals surface area contributed by atoms with Gasteiger partial charge in [-0.1, -0.05) is 18.0 Å². The van der Waals surface area contributed by atoms with Crippen LogP contribution in [-0.4, -0.2) is 28.6 Å². The van der Waals surface area contributed by atoms with Crippen LogP contribution >= 0.6 is 0 Å². The number of carbonyl (C=O) groups is 1. The lowest BCUT2D eigenvalue weighted by Crippen LogP contribution is -2.44. The fraction of sp³-hybridized carbons (Fsp3) is 0.786. The summed E-state index contributed by atoms with van der Waals surface area (Å²) in [5.41, 5.74) is 0. The average Bonchev–Trinajstić information content (AvgIpc) is 2.97. The Morgan fingerprint density at radius 1 is 1.35 bits per heavy atom. The van der Waals surface area contributed by atoms with Crippen LogP contribution in [0.25, 0.3) is 0 Å². The number of carbonyl (C=O) groups excluding carboxylic acids is 1. The van der Waals surface area contributed by atoms with Crippen molar-refractivity contribution in [3.63, 3.8) is 0 Å². The predicted molar refractivity (Wildman–Crippen MR) is 73.2 cm³/mol. The van der Waals surface area contributed by atoms with Crippen molar-refractivity contribution in [1.82, 2.24) is 20.8 Å². The Hall–Kier alpha value is -1.43. The van der Waals surface area contributed by atoms with E-state index in [1.165, 1.54) is 32.1 Å². The van der Waals surface area contributed by atoms with Crippen molar-refractivity contribution >= 4 is 5.91 Å². The van der Waals surface area contributed by atoms with E-state index in [0.29, 0.717) is 18.5 Å². The maximum absolute atomic E-state index is 11.7. The van der Waals surface area contributed by atoms with Crippen LogP contribution in [0, 0.1) is 5.92 Å². The fourth-order valence-corrected chi connectivity index (χ4v) is 3.40. The largest absolute Gasteiger partial charge is 0.349 e. The van der Waals surface area contributed by atoms with Crippen LogP contribution < -0.4 is 10.6 Å². The van der Waals surface area contributed by atoms with Gasteiger partial charge >= 0.3 is 0 Å². The summed E-state index contributed by atoms with van der Waals surface area (Å²) in [6, 6.07) is 0.673. The van der Waals surface area contributed by atoms with Gasteiger partial charge in [0.1, 0.15) is 0 Å². The summed E-state index contributed by atoms with van der Waals surface area (Å²) < 4.78 is 5.27. The smallest absolute Gasteiger partial charge is 0.292 e. The highest BCUT2D eigenvalue weighted by Gasteiger charge is 2.34. The first kappa shape index (κ1) is 13.5. The zero-order valence-corrected chi connectivity index (χ0v) is 11.9. The van der Waals surface area contributed by atoms with Gasteiger partial charge in [-0.2, -0.15) is 4.98 Å². The molecule has 2 aliphatic rings. The Kier molecular flexibility index (Phi) is 4.00. The summed E-state index contributed by atoms with van der Waals surface area (Å²) in [4.78, 5) is 15.9. The Labute approximate surface area is 118 Å². The lowest BCUT2D eigenvalue weighted by atomic mass is 9.78. The number of nitrogens with one attached hydrogen (secondary N) is 2. The van der Waals surface area contributed by atoms with Crippen LogP contribution in [0.4, 0.5) is 0 Å². The number of rotatable bonds is 3. The third-order valence-corrected chi connectivity index (χ3v) is 4.43. The van der Waals surface area contributed by atoms with Gasteiger partial charge in [-0.3, -0.25) is 4.79 Å². The molecule has 1 aromatic rings. The van der Waals surface area contributed by atoms with Crippen LogP contribution in [0.2, 0.25) is 0 Å². The second-order valence-electron chi connectivity index (χ2n) is 5.76. The maximum atomic E-state index is 11.7. The van der Waals surface area contributed by atoms with Crippen LogP contribution in [-0.2, 0) is 0 Å². The van der Waals surface area contributed by atoms with Gasteiger partial charge in [0.2, 0.25) is 5.89 Å². The van der Waals surface area contributed by atoms with Gasteiger partial charge in [0.15, 0.2) is 0 Å². The lowest BCUT2D eigenvalue weighted by Gasteiger charge is -2.39. The van der Waals surface area contributed by atoms with Gasteiger partial charge < -0.3 is 15.2 Å². The summed E-state index contributed by atoms with van der Waals surface area (Å²) in [6.07, 6.45) is 7.44. The number of fused-ring (bicyclic) bond motifs is 1. The molecule has 1 saturated heterocycles. The van der Waals surface area contributed by atoms with E-state index in [2.05, 4.69) is 20.8 Å². The molecule has 1 aliphatic carbocycles. The number of nitrogens with zero attached hydrogens (tertiary/aromatic N) is 2. The molecule has 1 saturated carbocycles. The number of hydrogen-bond acceptors (Lipinski definition) is 5. The summed E-state index contributed by atoms with van der Waals surface area (Å²) in [7, 11) is 0. The van der Waals surface area contributed by atoms with Crippen molar-refractivity contribution in [1.29, 1.82) is 0 Å². The third kappa shape index (κ3) is 2.70. The zero-order chi connectivity index (χ0) is 13.9. The third-order valence-electron chi connectivity index (χ3n) is 4.43. The number of hydrogen-bond donors (Lipinski definition) is 2. The summed E-state index contributed by atoms with van der Waals surface area (Å²) in [5.74, 6) is 1.21. The monoisotopic (exact) mass is 278 g/mol. The Morgan fingerprint density at radius 3 is 3.05 bits per heavy atom. The molecule has 1 aromatic heterocycles. The van der Waals surface area contributed by atoms with Crippen LogP contribution in [0.5, 0.6) is 0 Å². The van der Waals surface area contributed by atoms with Gasteiger partial charge in [0.25, 0.3) is 11.7 Å². The van der Waals surface area contributed by atoms with E-state index < -0.39 is 0 Å². The maximum Gasteiger partial charge on any atom is 0.292 e. The van der Waals surface area contributed by atoms with Gasteiger partial charge in [0.05, 0.1) is 6.04 Å². The predicted octanol–water partition coefficient (Wildman–Crippen LogP) is 1.80. The Bertz CT molecular complexity index is 473. The van der Waals surface area contributed by atoms with E-state index in [1.54, 1.807) is 0 Å². The van der Waals surface area contributed by atoms with Crippen molar-refractivity contribution in [3.8, 4) is 0 Å². The first-order valence-electron chi connectivity index (χ1n) is 7.65. The molecule has 1 amide bonds. The fourth-order valence-electron chi connectivity index (χ4n) is 3.40. The minimum Gasteiger partial charge on any atom is -0.349 e. The zero-order valence-electron chi connectivity index (χ0n) is 11.9. The second kappa shape index (κ2) is 5.91. The molecule has 110 valence electrons. The van der Waals surface area contributed by atoms with E-state index in [4.69, 9.17) is 4.52 Å². The molecule has 3 unspecified atom stereocenters. The average molecular weight is 278 g/mol. The highest BCUT2D eigenvalue weighted by Crippen LogP contribution is 2.36. The minimum absolute atomic E-state index is 0.102. The van der Waals surface area contributed by atoms with E-state index in [-0.39, 0.29) is 17.8 Å². The van der Waals surface area contributed by atoms with Crippen LogP contribution in [0.15, 0.2) is 4.52 Å². The summed E-state index contributed by atoms with van der Waals surface area (Å²) in [6.45, 7) is 2.43. The Balaban J connectivity index is 1.66. The van der Waals surface area contributed by atoms with Crippen LogP contribution in [0.3, 0.4) is 0 Å². The molecule has 3 rings (SSSR count). The molecular formula is C14H22N4O2. The molecule has 0 radical (unpaired) electrons. The van der Waals surface area contributed by atoms with Crippen molar-refractivity contribution in [2.45, 2.75) is 57.5 Å². The van der Waals surface area contributed by atoms with Crippen molar-refractivity contribution in [3.05, 3.63) is 11.7 Å². The van der Waals surface area contributed by atoms with E-state index in [0.717, 1.165) is 12.3 Å². The summed E-state index contributed by atoms with van der Waals surface area (Å²) >= 11 is 0. The standard InChI is InChI=1S/C14H22N4O2/c1-2-15-13(19)12-17-14(20-18-12)11-8-7-9-5-3-4-6-10(9)16-11/h9-11,16H,2-8H2,1H3,(H,15,19). The van der Waals surface area contributed by atoms with Crippen molar-refractivity contribution in [2.24, 2.45) is 5.92 Å². The molecule has 6 nitrogen and oxygen atoms in total. The topological polar surface area (TPSA) is 80.0 Å². The molecule has 6 heteroatoms. The second-order valence-corrected chi connectivity index (χ2v) is 5.76.